The first-order valence-electron chi connectivity index (χ1n) is 12.0. The maximum atomic E-state index is 6.17. The normalized spacial score (nSPS) is 15.6. The summed E-state index contributed by atoms with van der Waals surface area (Å²) in [5, 5.41) is 4.65. The predicted molar refractivity (Wildman–Crippen MR) is 135 cm³/mol. The molecule has 1 aliphatic rings. The molecule has 1 aromatic carbocycles. The van der Waals surface area contributed by atoms with Gasteiger partial charge >= 0.3 is 0 Å². The Kier molecular flexibility index (Phi) is 6.31. The van der Waals surface area contributed by atoms with Crippen LogP contribution in [0.25, 0.3) is 21.7 Å². The molecule has 0 aliphatic heterocycles. The second kappa shape index (κ2) is 9.51. The van der Waals surface area contributed by atoms with E-state index in [9.17, 15) is 0 Å². The molecule has 0 radical (unpaired) electrons. The number of aromatic nitrogens is 4. The van der Waals surface area contributed by atoms with E-state index in [1.165, 1.54) is 32.1 Å². The number of ether oxygens (including phenoxy) is 1. The lowest BCUT2D eigenvalue weighted by molar-refractivity contribution is 0.328. The van der Waals surface area contributed by atoms with Crippen LogP contribution in [0.3, 0.4) is 0 Å². The molecule has 0 spiro atoms. The van der Waals surface area contributed by atoms with Crippen molar-refractivity contribution < 1.29 is 4.74 Å². The van der Waals surface area contributed by atoms with Crippen molar-refractivity contribution in [2.24, 2.45) is 5.92 Å². The highest BCUT2D eigenvalue weighted by Crippen LogP contribution is 2.34. The fourth-order valence-corrected chi connectivity index (χ4v) is 5.67. The molecule has 7 heteroatoms. The highest BCUT2D eigenvalue weighted by atomic mass is 32.1. The van der Waals surface area contributed by atoms with Gasteiger partial charge in [-0.1, -0.05) is 37.5 Å². The van der Waals surface area contributed by atoms with Gasteiger partial charge < -0.3 is 15.0 Å². The first kappa shape index (κ1) is 21.9. The van der Waals surface area contributed by atoms with Gasteiger partial charge in [-0.3, -0.25) is 4.98 Å². The van der Waals surface area contributed by atoms with E-state index in [4.69, 9.17) is 9.72 Å². The highest BCUT2D eigenvalue weighted by Gasteiger charge is 2.21. The SMILES string of the molecule is CCc1nc(-c2cc(Oc3ccc4nc(N[C@@H](C)C5CCCCC5)sc4c3)ccn2)[nH]c1C. The van der Waals surface area contributed by atoms with Crippen molar-refractivity contribution in [3.05, 3.63) is 47.9 Å². The molecule has 2 N–H and O–H groups in total. The first-order chi connectivity index (χ1) is 16.1. The Morgan fingerprint density at radius 3 is 2.73 bits per heavy atom. The van der Waals surface area contributed by atoms with Crippen LogP contribution in [-0.4, -0.2) is 26.0 Å². The number of nitrogens with one attached hydrogen (secondary N) is 2. The summed E-state index contributed by atoms with van der Waals surface area (Å²) in [5.41, 5.74) is 3.92. The molecular weight excluding hydrogens is 430 g/mol. The van der Waals surface area contributed by atoms with E-state index in [2.05, 4.69) is 40.2 Å². The van der Waals surface area contributed by atoms with E-state index in [0.29, 0.717) is 6.04 Å². The fraction of sp³-hybridized carbons (Fsp3) is 0.423. The van der Waals surface area contributed by atoms with Gasteiger partial charge in [0.15, 0.2) is 11.0 Å². The van der Waals surface area contributed by atoms with Crippen LogP contribution in [-0.2, 0) is 6.42 Å². The molecule has 0 saturated heterocycles. The Bertz CT molecular complexity index is 1240. The number of hydrogen-bond acceptors (Lipinski definition) is 6. The summed E-state index contributed by atoms with van der Waals surface area (Å²) in [6.07, 6.45) is 9.38. The van der Waals surface area contributed by atoms with Gasteiger partial charge in [0.1, 0.15) is 17.2 Å². The van der Waals surface area contributed by atoms with E-state index in [0.717, 1.165) is 62.1 Å². The van der Waals surface area contributed by atoms with Gasteiger partial charge in [0.25, 0.3) is 0 Å². The number of aromatic amines is 1. The Balaban J connectivity index is 1.31. The number of rotatable bonds is 7. The molecule has 5 rings (SSSR count). The van der Waals surface area contributed by atoms with Gasteiger partial charge in [-0.15, -0.1) is 0 Å². The lowest BCUT2D eigenvalue weighted by Gasteiger charge is -2.28. The zero-order valence-electron chi connectivity index (χ0n) is 19.5. The number of pyridine rings is 1. The number of aryl methyl sites for hydroxylation is 2. The molecular formula is C26H31N5OS. The molecule has 1 aliphatic carbocycles. The van der Waals surface area contributed by atoms with Crippen LogP contribution in [0.15, 0.2) is 36.5 Å². The minimum absolute atomic E-state index is 0.454. The molecule has 0 bridgehead atoms. The maximum Gasteiger partial charge on any atom is 0.184 e. The molecule has 0 amide bonds. The van der Waals surface area contributed by atoms with Crippen molar-refractivity contribution >= 4 is 26.7 Å². The van der Waals surface area contributed by atoms with E-state index in [-0.39, 0.29) is 0 Å². The third-order valence-corrected chi connectivity index (χ3v) is 7.55. The Morgan fingerprint density at radius 1 is 1.12 bits per heavy atom. The van der Waals surface area contributed by atoms with Gasteiger partial charge in [0.05, 0.1) is 15.9 Å². The highest BCUT2D eigenvalue weighted by molar-refractivity contribution is 7.22. The topological polar surface area (TPSA) is 75.7 Å². The minimum atomic E-state index is 0.454. The van der Waals surface area contributed by atoms with E-state index in [1.54, 1.807) is 17.5 Å². The van der Waals surface area contributed by atoms with E-state index < -0.39 is 0 Å². The summed E-state index contributed by atoms with van der Waals surface area (Å²) in [6.45, 7) is 6.44. The summed E-state index contributed by atoms with van der Waals surface area (Å²) in [7, 11) is 0. The van der Waals surface area contributed by atoms with Crippen LogP contribution in [0.5, 0.6) is 11.5 Å². The average molecular weight is 462 g/mol. The van der Waals surface area contributed by atoms with Crippen LogP contribution < -0.4 is 10.1 Å². The molecule has 172 valence electrons. The van der Waals surface area contributed by atoms with Gasteiger partial charge in [0.2, 0.25) is 0 Å². The number of imidazole rings is 1. The van der Waals surface area contributed by atoms with Gasteiger partial charge in [-0.2, -0.15) is 0 Å². The number of benzene rings is 1. The second-order valence-corrected chi connectivity index (χ2v) is 10.00. The second-order valence-electron chi connectivity index (χ2n) is 8.97. The Labute approximate surface area is 198 Å². The number of H-pyrrole nitrogens is 1. The summed E-state index contributed by atoms with van der Waals surface area (Å²) >= 11 is 1.69. The molecule has 1 atom stereocenters. The summed E-state index contributed by atoms with van der Waals surface area (Å²) in [5.74, 6) is 3.05. The molecule has 1 saturated carbocycles. The standard InChI is InChI=1S/C26H31N5OS/c1-4-21-17(3)28-25(30-21)23-14-20(12-13-27-23)32-19-10-11-22-24(15-19)33-26(31-22)29-16(2)18-8-6-5-7-9-18/h10-16,18H,4-9H2,1-3H3,(H,28,30)(H,29,31)/t16-/m0/s1. The van der Waals surface area contributed by atoms with Gasteiger partial charge in [-0.25, -0.2) is 9.97 Å². The van der Waals surface area contributed by atoms with Crippen LogP contribution >= 0.6 is 11.3 Å². The molecule has 6 nitrogen and oxygen atoms in total. The molecule has 1 fully saturated rings. The Hall–Kier alpha value is -2.93. The Morgan fingerprint density at radius 2 is 1.94 bits per heavy atom. The summed E-state index contributed by atoms with van der Waals surface area (Å²) < 4.78 is 7.29. The van der Waals surface area contributed by atoms with Crippen molar-refractivity contribution in [2.75, 3.05) is 5.32 Å². The molecule has 0 unspecified atom stereocenters. The average Bonchev–Trinajstić information content (AvgIpc) is 3.41. The third-order valence-electron chi connectivity index (χ3n) is 6.60. The molecule has 4 aromatic rings. The smallest absolute Gasteiger partial charge is 0.184 e. The summed E-state index contributed by atoms with van der Waals surface area (Å²) in [4.78, 5) is 17.3. The minimum Gasteiger partial charge on any atom is -0.457 e. The largest absolute Gasteiger partial charge is 0.457 e. The van der Waals surface area contributed by atoms with E-state index >= 15 is 0 Å². The lowest BCUT2D eigenvalue weighted by Crippen LogP contribution is -2.27. The van der Waals surface area contributed by atoms with Gasteiger partial charge in [0, 0.05) is 30.1 Å². The van der Waals surface area contributed by atoms with Crippen molar-refractivity contribution in [3.8, 4) is 23.0 Å². The molecule has 3 heterocycles. The third kappa shape index (κ3) is 4.88. The van der Waals surface area contributed by atoms with Gasteiger partial charge in [-0.05, 0) is 57.2 Å². The number of fused-ring (bicyclic) bond motifs is 1. The fourth-order valence-electron chi connectivity index (χ4n) is 4.68. The van der Waals surface area contributed by atoms with Crippen LogP contribution in [0, 0.1) is 12.8 Å². The maximum absolute atomic E-state index is 6.17. The van der Waals surface area contributed by atoms with Crippen molar-refractivity contribution in [1.29, 1.82) is 0 Å². The zero-order chi connectivity index (χ0) is 22.8. The van der Waals surface area contributed by atoms with Crippen molar-refractivity contribution in [1.82, 2.24) is 19.9 Å². The monoisotopic (exact) mass is 461 g/mol. The number of anilines is 1. The van der Waals surface area contributed by atoms with E-state index in [1.807, 2.05) is 31.2 Å². The van der Waals surface area contributed by atoms with Crippen LogP contribution in [0.4, 0.5) is 5.13 Å². The number of hydrogen-bond donors (Lipinski definition) is 2. The van der Waals surface area contributed by atoms with Crippen LogP contribution in [0.2, 0.25) is 0 Å². The van der Waals surface area contributed by atoms with Crippen LogP contribution in [0.1, 0.15) is 57.3 Å². The first-order valence-corrected chi connectivity index (χ1v) is 12.8. The predicted octanol–water partition coefficient (Wildman–Crippen LogP) is 7.13. The molecule has 33 heavy (non-hydrogen) atoms. The summed E-state index contributed by atoms with van der Waals surface area (Å²) in [6, 6.07) is 10.3. The zero-order valence-corrected chi connectivity index (χ0v) is 20.3. The lowest BCUT2D eigenvalue weighted by atomic mass is 9.85. The number of nitrogens with zero attached hydrogens (tertiary/aromatic N) is 3. The number of thiazole rings is 1. The quantitative estimate of drug-likeness (QED) is 0.306. The van der Waals surface area contributed by atoms with Crippen molar-refractivity contribution in [3.63, 3.8) is 0 Å². The van der Waals surface area contributed by atoms with Crippen molar-refractivity contribution in [2.45, 2.75) is 65.3 Å². The molecule has 3 aromatic heterocycles.